The van der Waals surface area contributed by atoms with Crippen LogP contribution in [0.1, 0.15) is 6.92 Å². The van der Waals surface area contributed by atoms with Gasteiger partial charge in [-0.1, -0.05) is 0 Å². The van der Waals surface area contributed by atoms with Crippen molar-refractivity contribution in [2.75, 3.05) is 0 Å². The zero-order valence-electron chi connectivity index (χ0n) is 5.50. The molecule has 0 fully saturated rings. The number of nitrogens with two attached hydrogens (primary N) is 2. The SMILES string of the molecule is CC1=C=NC(N)=NC(N)=N1. The molecule has 1 heterocycles. The minimum Gasteiger partial charge on any atom is -0.368 e. The summed E-state index contributed by atoms with van der Waals surface area (Å²) in [6.07, 6.45) is 0. The van der Waals surface area contributed by atoms with E-state index in [1.165, 1.54) is 0 Å². The average Bonchev–Trinajstić information content (AvgIpc) is 1.93. The van der Waals surface area contributed by atoms with E-state index in [1.54, 1.807) is 6.92 Å². The van der Waals surface area contributed by atoms with E-state index in [2.05, 4.69) is 20.8 Å². The Morgan fingerprint density at radius 3 is 2.60 bits per heavy atom. The molecule has 1 rings (SSSR count). The van der Waals surface area contributed by atoms with Crippen LogP contribution < -0.4 is 11.5 Å². The molecule has 5 heteroatoms. The number of rotatable bonds is 0. The summed E-state index contributed by atoms with van der Waals surface area (Å²) in [6.45, 7) is 1.71. The Morgan fingerprint density at radius 1 is 1.20 bits per heavy atom. The highest BCUT2D eigenvalue weighted by atomic mass is 15.1. The quantitative estimate of drug-likeness (QED) is 0.457. The first-order chi connectivity index (χ1) is 4.68. The van der Waals surface area contributed by atoms with Crippen molar-refractivity contribution in [3.63, 3.8) is 0 Å². The summed E-state index contributed by atoms with van der Waals surface area (Å²) >= 11 is 0. The van der Waals surface area contributed by atoms with Gasteiger partial charge in [0, 0.05) is 5.87 Å². The molecule has 0 saturated carbocycles. The van der Waals surface area contributed by atoms with Gasteiger partial charge in [0.15, 0.2) is 0 Å². The van der Waals surface area contributed by atoms with E-state index in [1.807, 2.05) is 0 Å². The number of aliphatic imine (C=N–C) groups is 3. The Bertz CT molecular complexity index is 266. The Labute approximate surface area is 57.9 Å². The van der Waals surface area contributed by atoms with Crippen molar-refractivity contribution >= 4 is 17.8 Å². The average molecular weight is 137 g/mol. The lowest BCUT2D eigenvalue weighted by Gasteiger charge is -1.87. The molecule has 0 aromatic rings. The van der Waals surface area contributed by atoms with Crippen LogP contribution in [0.5, 0.6) is 0 Å². The lowest BCUT2D eigenvalue weighted by Crippen LogP contribution is -2.15. The number of hydrogen-bond acceptors (Lipinski definition) is 5. The zero-order valence-corrected chi connectivity index (χ0v) is 5.50. The highest BCUT2D eigenvalue weighted by Crippen LogP contribution is 1.91. The highest BCUT2D eigenvalue weighted by Gasteiger charge is 1.94. The van der Waals surface area contributed by atoms with Gasteiger partial charge in [-0.15, -0.1) is 0 Å². The number of hydrogen-bond donors (Lipinski definition) is 2. The van der Waals surface area contributed by atoms with Gasteiger partial charge in [0.2, 0.25) is 11.9 Å². The third kappa shape index (κ3) is 1.43. The third-order valence-corrected chi connectivity index (χ3v) is 0.844. The van der Waals surface area contributed by atoms with Crippen molar-refractivity contribution < 1.29 is 0 Å². The first kappa shape index (κ1) is 6.51. The molecular weight excluding hydrogens is 130 g/mol. The van der Waals surface area contributed by atoms with Gasteiger partial charge in [0.05, 0.1) is 0 Å². The monoisotopic (exact) mass is 137 g/mol. The molecule has 0 bridgehead atoms. The summed E-state index contributed by atoms with van der Waals surface area (Å²) in [5.41, 5.74) is 11.1. The van der Waals surface area contributed by atoms with E-state index >= 15 is 0 Å². The van der Waals surface area contributed by atoms with Gasteiger partial charge in [0.1, 0.15) is 5.70 Å². The summed E-state index contributed by atoms with van der Waals surface area (Å²) in [5.74, 6) is 2.74. The van der Waals surface area contributed by atoms with Crippen LogP contribution in [0.2, 0.25) is 0 Å². The van der Waals surface area contributed by atoms with Gasteiger partial charge < -0.3 is 11.5 Å². The third-order valence-electron chi connectivity index (χ3n) is 0.844. The molecule has 10 heavy (non-hydrogen) atoms. The van der Waals surface area contributed by atoms with Crippen molar-refractivity contribution in [2.45, 2.75) is 6.92 Å². The minimum absolute atomic E-state index is 0.0816. The van der Waals surface area contributed by atoms with Gasteiger partial charge >= 0.3 is 0 Å². The summed E-state index contributed by atoms with van der Waals surface area (Å²) in [5, 5.41) is 0. The lowest BCUT2D eigenvalue weighted by molar-refractivity contribution is 1.31. The summed E-state index contributed by atoms with van der Waals surface area (Å²) < 4.78 is 0. The summed E-state index contributed by atoms with van der Waals surface area (Å²) in [6, 6.07) is 0. The van der Waals surface area contributed by atoms with E-state index in [4.69, 9.17) is 11.5 Å². The first-order valence-electron chi connectivity index (χ1n) is 2.67. The molecule has 0 saturated heterocycles. The van der Waals surface area contributed by atoms with Crippen LogP contribution in [0.3, 0.4) is 0 Å². The molecule has 0 unspecified atom stereocenters. The highest BCUT2D eigenvalue weighted by molar-refractivity contribution is 5.98. The smallest absolute Gasteiger partial charge is 0.231 e. The topological polar surface area (TPSA) is 89.1 Å². The Kier molecular flexibility index (Phi) is 1.51. The standard InChI is InChI=1S/C5H7N5/c1-3-2-8-4(6)10-5(7)9-3/h1H3,(H4,6,7,9,10). The van der Waals surface area contributed by atoms with Crippen molar-refractivity contribution in [2.24, 2.45) is 26.4 Å². The van der Waals surface area contributed by atoms with E-state index in [9.17, 15) is 0 Å². The molecule has 0 spiro atoms. The van der Waals surface area contributed by atoms with E-state index in [-0.39, 0.29) is 11.9 Å². The van der Waals surface area contributed by atoms with Gasteiger partial charge in [0.25, 0.3) is 0 Å². The molecule has 52 valence electrons. The van der Waals surface area contributed by atoms with Gasteiger partial charge in [-0.25, -0.2) is 4.99 Å². The molecule has 0 aliphatic carbocycles. The van der Waals surface area contributed by atoms with Crippen LogP contribution in [-0.4, -0.2) is 17.8 Å². The largest absolute Gasteiger partial charge is 0.368 e. The minimum atomic E-state index is 0.0816. The Morgan fingerprint density at radius 2 is 1.90 bits per heavy atom. The van der Waals surface area contributed by atoms with Gasteiger partial charge in [-0.2, -0.15) is 9.98 Å². The molecule has 0 aromatic carbocycles. The maximum Gasteiger partial charge on any atom is 0.231 e. The van der Waals surface area contributed by atoms with Crippen LogP contribution in [0.25, 0.3) is 0 Å². The Balaban J connectivity index is 3.10. The molecule has 1 aliphatic heterocycles. The Hall–Kier alpha value is -1.61. The summed E-state index contributed by atoms with van der Waals surface area (Å²) in [7, 11) is 0. The van der Waals surface area contributed by atoms with Crippen LogP contribution in [0, 0.1) is 0 Å². The fraction of sp³-hybridized carbons (Fsp3) is 0.200. The first-order valence-corrected chi connectivity index (χ1v) is 2.67. The lowest BCUT2D eigenvalue weighted by atomic mass is 10.6. The van der Waals surface area contributed by atoms with Crippen LogP contribution in [0.4, 0.5) is 0 Å². The van der Waals surface area contributed by atoms with Gasteiger partial charge in [-0.3, -0.25) is 0 Å². The molecule has 0 radical (unpaired) electrons. The second-order valence-corrected chi connectivity index (χ2v) is 1.75. The second-order valence-electron chi connectivity index (χ2n) is 1.75. The second kappa shape index (κ2) is 2.33. The van der Waals surface area contributed by atoms with Crippen LogP contribution in [-0.2, 0) is 0 Å². The zero-order chi connectivity index (χ0) is 7.56. The van der Waals surface area contributed by atoms with Crippen molar-refractivity contribution in [1.82, 2.24) is 0 Å². The maximum atomic E-state index is 5.28. The predicted molar refractivity (Wildman–Crippen MR) is 39.9 cm³/mol. The van der Waals surface area contributed by atoms with E-state index in [0.717, 1.165) is 0 Å². The van der Waals surface area contributed by atoms with E-state index < -0.39 is 0 Å². The fourth-order valence-corrected chi connectivity index (χ4v) is 0.502. The van der Waals surface area contributed by atoms with E-state index in [0.29, 0.717) is 5.70 Å². The van der Waals surface area contributed by atoms with Crippen molar-refractivity contribution in [1.29, 1.82) is 0 Å². The van der Waals surface area contributed by atoms with Crippen LogP contribution >= 0.6 is 0 Å². The number of nitrogens with zero attached hydrogens (tertiary/aromatic N) is 3. The molecule has 0 amide bonds. The number of guanidine groups is 2. The molecule has 4 N–H and O–H groups in total. The summed E-state index contributed by atoms with van der Waals surface area (Å²) in [4.78, 5) is 11.0. The molecule has 0 aromatic heterocycles. The van der Waals surface area contributed by atoms with Gasteiger partial charge in [-0.05, 0) is 6.92 Å². The van der Waals surface area contributed by atoms with Crippen LogP contribution in [0.15, 0.2) is 20.7 Å². The maximum absolute atomic E-state index is 5.28. The number of allylic oxidation sites excluding steroid dienone is 1. The molecular formula is C5H7N5. The predicted octanol–water partition coefficient (Wildman–Crippen LogP) is -0.797. The van der Waals surface area contributed by atoms with Crippen molar-refractivity contribution in [3.8, 4) is 0 Å². The molecule has 0 atom stereocenters. The van der Waals surface area contributed by atoms with Crippen molar-refractivity contribution in [3.05, 3.63) is 5.70 Å². The molecule has 1 aliphatic rings. The normalized spacial score (nSPS) is 17.1. The fourth-order valence-electron chi connectivity index (χ4n) is 0.502. The molecule has 5 nitrogen and oxygen atoms in total.